The molecule has 2 aromatic rings. The van der Waals surface area contributed by atoms with Crippen molar-refractivity contribution < 1.29 is 4.79 Å². The van der Waals surface area contributed by atoms with Gasteiger partial charge in [0.25, 0.3) is 0 Å². The van der Waals surface area contributed by atoms with E-state index in [1.54, 1.807) is 12.1 Å². The Labute approximate surface area is 130 Å². The molecule has 0 bridgehead atoms. The van der Waals surface area contributed by atoms with Gasteiger partial charge >= 0.3 is 0 Å². The minimum atomic E-state index is -0.471. The van der Waals surface area contributed by atoms with E-state index in [9.17, 15) is 4.79 Å². The third-order valence-electron chi connectivity index (χ3n) is 3.37. The van der Waals surface area contributed by atoms with Crippen LogP contribution in [0.25, 0.3) is 0 Å². The van der Waals surface area contributed by atoms with Crippen LogP contribution in [0.4, 0.5) is 5.69 Å². The molecule has 1 amide bonds. The zero-order valence-corrected chi connectivity index (χ0v) is 12.9. The monoisotopic (exact) mass is 302 g/mol. The zero-order chi connectivity index (χ0) is 15.4. The normalized spacial score (nSPS) is 10.7. The fourth-order valence-electron chi connectivity index (χ4n) is 2.05. The number of halogens is 1. The summed E-state index contributed by atoms with van der Waals surface area (Å²) in [6.07, 6.45) is 0. The summed E-state index contributed by atoms with van der Waals surface area (Å²) >= 11 is 6.17. The van der Waals surface area contributed by atoms with Gasteiger partial charge in [-0.25, -0.2) is 0 Å². The fraction of sp³-hybridized carbons (Fsp3) is 0.235. The van der Waals surface area contributed by atoms with Gasteiger partial charge in [-0.05, 0) is 41.3 Å². The largest absolute Gasteiger partial charge is 0.381 e. The molecule has 0 saturated heterocycles. The summed E-state index contributed by atoms with van der Waals surface area (Å²) in [6.45, 7) is 4.93. The van der Waals surface area contributed by atoms with Crippen molar-refractivity contribution in [2.75, 3.05) is 5.32 Å². The van der Waals surface area contributed by atoms with Gasteiger partial charge in [0.1, 0.15) is 0 Å². The van der Waals surface area contributed by atoms with E-state index in [0.29, 0.717) is 23.0 Å². The van der Waals surface area contributed by atoms with Crippen LogP contribution in [0.3, 0.4) is 0 Å². The fourth-order valence-corrected chi connectivity index (χ4v) is 2.30. The average molecular weight is 303 g/mol. The number of amides is 1. The van der Waals surface area contributed by atoms with Gasteiger partial charge in [-0.1, -0.05) is 43.6 Å². The Kier molecular flexibility index (Phi) is 4.86. The molecule has 0 unspecified atom stereocenters. The molecule has 21 heavy (non-hydrogen) atoms. The number of primary amides is 1. The van der Waals surface area contributed by atoms with Crippen LogP contribution in [-0.2, 0) is 6.54 Å². The van der Waals surface area contributed by atoms with E-state index in [-0.39, 0.29) is 0 Å². The van der Waals surface area contributed by atoms with Gasteiger partial charge < -0.3 is 11.1 Å². The van der Waals surface area contributed by atoms with Gasteiger partial charge in [0.15, 0.2) is 0 Å². The third kappa shape index (κ3) is 3.99. The Morgan fingerprint density at radius 1 is 1.24 bits per heavy atom. The highest BCUT2D eigenvalue weighted by Crippen LogP contribution is 2.21. The number of nitrogens with one attached hydrogen (secondary N) is 1. The van der Waals surface area contributed by atoms with Gasteiger partial charge in [0, 0.05) is 22.8 Å². The smallest absolute Gasteiger partial charge is 0.248 e. The van der Waals surface area contributed by atoms with Gasteiger partial charge in [-0.15, -0.1) is 0 Å². The van der Waals surface area contributed by atoms with Crippen LogP contribution < -0.4 is 11.1 Å². The number of nitrogens with two attached hydrogens (primary N) is 1. The van der Waals surface area contributed by atoms with Crippen LogP contribution in [-0.4, -0.2) is 5.91 Å². The molecule has 2 aromatic carbocycles. The van der Waals surface area contributed by atoms with Crippen LogP contribution in [0.5, 0.6) is 0 Å². The van der Waals surface area contributed by atoms with Crippen LogP contribution in [0.1, 0.15) is 41.3 Å². The molecule has 0 spiro atoms. The van der Waals surface area contributed by atoms with E-state index in [4.69, 9.17) is 17.3 Å². The topological polar surface area (TPSA) is 55.1 Å². The number of hydrogen-bond donors (Lipinski definition) is 2. The van der Waals surface area contributed by atoms with E-state index >= 15 is 0 Å². The zero-order valence-electron chi connectivity index (χ0n) is 12.2. The van der Waals surface area contributed by atoms with Gasteiger partial charge in [0.2, 0.25) is 5.91 Å². The minimum absolute atomic E-state index is 0.422. The number of hydrogen-bond acceptors (Lipinski definition) is 2. The summed E-state index contributed by atoms with van der Waals surface area (Å²) in [4.78, 5) is 11.1. The molecule has 0 aliphatic carbocycles. The molecule has 0 aromatic heterocycles. The molecule has 3 N–H and O–H groups in total. The van der Waals surface area contributed by atoms with Crippen molar-refractivity contribution in [3.63, 3.8) is 0 Å². The predicted octanol–water partition coefficient (Wildman–Crippen LogP) is 4.17. The summed E-state index contributed by atoms with van der Waals surface area (Å²) in [5, 5.41) is 3.89. The molecule has 110 valence electrons. The average Bonchev–Trinajstić information content (AvgIpc) is 2.46. The molecular formula is C17H19ClN2O. The summed E-state index contributed by atoms with van der Waals surface area (Å²) in [7, 11) is 0. The first-order valence-electron chi connectivity index (χ1n) is 6.89. The van der Waals surface area contributed by atoms with Crippen molar-refractivity contribution in [3.8, 4) is 0 Å². The number of anilines is 1. The van der Waals surface area contributed by atoms with Gasteiger partial charge in [0.05, 0.1) is 0 Å². The second-order valence-corrected chi connectivity index (χ2v) is 5.71. The molecule has 0 radical (unpaired) electrons. The van der Waals surface area contributed by atoms with Crippen molar-refractivity contribution in [2.45, 2.75) is 26.3 Å². The van der Waals surface area contributed by atoms with Crippen molar-refractivity contribution in [2.24, 2.45) is 5.73 Å². The quantitative estimate of drug-likeness (QED) is 0.870. The van der Waals surface area contributed by atoms with E-state index in [1.165, 1.54) is 5.56 Å². The van der Waals surface area contributed by atoms with Crippen LogP contribution in [0.15, 0.2) is 42.5 Å². The number of carbonyl (C=O) groups is 1. The van der Waals surface area contributed by atoms with Gasteiger partial charge in [-0.2, -0.15) is 0 Å². The minimum Gasteiger partial charge on any atom is -0.381 e. The maximum Gasteiger partial charge on any atom is 0.248 e. The molecule has 0 saturated carbocycles. The second kappa shape index (κ2) is 6.64. The van der Waals surface area contributed by atoms with E-state index in [2.05, 4.69) is 31.3 Å². The standard InChI is InChI=1S/C17H19ClN2O/c1-11(2)12-4-3-5-15(8-12)20-10-14-7-6-13(17(19)21)9-16(14)18/h3-9,11,20H,10H2,1-2H3,(H2,19,21). The molecule has 2 rings (SSSR count). The van der Waals surface area contributed by atoms with E-state index in [1.807, 2.05) is 18.2 Å². The van der Waals surface area contributed by atoms with Crippen molar-refractivity contribution in [1.29, 1.82) is 0 Å². The highest BCUT2D eigenvalue weighted by molar-refractivity contribution is 6.31. The second-order valence-electron chi connectivity index (χ2n) is 5.30. The van der Waals surface area contributed by atoms with Crippen molar-refractivity contribution in [1.82, 2.24) is 0 Å². The number of carbonyl (C=O) groups excluding carboxylic acids is 1. The van der Waals surface area contributed by atoms with Crippen LogP contribution >= 0.6 is 11.6 Å². The van der Waals surface area contributed by atoms with E-state index in [0.717, 1.165) is 11.3 Å². The summed E-state index contributed by atoms with van der Waals surface area (Å²) in [5.74, 6) is 0.0197. The lowest BCUT2D eigenvalue weighted by atomic mass is 10.0. The lowest BCUT2D eigenvalue weighted by molar-refractivity contribution is 0.100. The maximum absolute atomic E-state index is 11.1. The molecule has 0 fully saturated rings. The molecule has 0 heterocycles. The lowest BCUT2D eigenvalue weighted by Crippen LogP contribution is -2.11. The number of benzene rings is 2. The SMILES string of the molecule is CC(C)c1cccc(NCc2ccc(C(N)=O)cc2Cl)c1. The summed E-state index contributed by atoms with van der Waals surface area (Å²) in [6, 6.07) is 13.4. The molecule has 0 atom stereocenters. The predicted molar refractivity (Wildman–Crippen MR) is 87.8 cm³/mol. The summed E-state index contributed by atoms with van der Waals surface area (Å²) < 4.78 is 0. The Morgan fingerprint density at radius 3 is 2.62 bits per heavy atom. The van der Waals surface area contributed by atoms with E-state index < -0.39 is 5.91 Å². The van der Waals surface area contributed by atoms with Crippen molar-refractivity contribution in [3.05, 3.63) is 64.2 Å². The highest BCUT2D eigenvalue weighted by Gasteiger charge is 2.06. The molecule has 0 aliphatic heterocycles. The van der Waals surface area contributed by atoms with Crippen LogP contribution in [0.2, 0.25) is 5.02 Å². The molecule has 4 heteroatoms. The van der Waals surface area contributed by atoms with Crippen molar-refractivity contribution >= 4 is 23.2 Å². The molecule has 3 nitrogen and oxygen atoms in total. The van der Waals surface area contributed by atoms with Crippen LogP contribution in [0, 0.1) is 0 Å². The molecular weight excluding hydrogens is 284 g/mol. The first kappa shape index (κ1) is 15.4. The Bertz CT molecular complexity index is 653. The molecule has 0 aliphatic rings. The lowest BCUT2D eigenvalue weighted by Gasteiger charge is -2.11. The first-order valence-corrected chi connectivity index (χ1v) is 7.27. The first-order chi connectivity index (χ1) is 9.97. The Morgan fingerprint density at radius 2 is 2.00 bits per heavy atom. The number of rotatable bonds is 5. The Hall–Kier alpha value is -2.00. The Balaban J connectivity index is 2.09. The highest BCUT2D eigenvalue weighted by atomic mass is 35.5. The third-order valence-corrected chi connectivity index (χ3v) is 3.73. The summed E-state index contributed by atoms with van der Waals surface area (Å²) in [5.41, 5.74) is 8.92. The maximum atomic E-state index is 11.1. The van der Waals surface area contributed by atoms with Gasteiger partial charge in [-0.3, -0.25) is 4.79 Å².